The molecule has 2 aromatic rings. The summed E-state index contributed by atoms with van der Waals surface area (Å²) in [5.41, 5.74) is 11.9. The van der Waals surface area contributed by atoms with Gasteiger partial charge in [0.1, 0.15) is 0 Å². The van der Waals surface area contributed by atoms with E-state index in [2.05, 4.69) is 46.4 Å². The van der Waals surface area contributed by atoms with Gasteiger partial charge in [0.25, 0.3) is 0 Å². The van der Waals surface area contributed by atoms with Crippen molar-refractivity contribution >= 4 is 27.3 Å². The number of nitrogens with two attached hydrogens (primary N) is 2. The van der Waals surface area contributed by atoms with Gasteiger partial charge in [-0.25, -0.2) is 5.84 Å². The Labute approximate surface area is 168 Å². The van der Waals surface area contributed by atoms with E-state index in [9.17, 15) is 0 Å². The molecule has 140 valence electrons. The van der Waals surface area contributed by atoms with Gasteiger partial charge in [0, 0.05) is 28.0 Å². The Morgan fingerprint density at radius 2 is 2.11 bits per heavy atom. The van der Waals surface area contributed by atoms with Crippen LogP contribution in [0.5, 0.6) is 0 Å². The third-order valence-corrected chi connectivity index (χ3v) is 5.34. The highest BCUT2D eigenvalue weighted by molar-refractivity contribution is 9.10. The second-order valence-corrected chi connectivity index (χ2v) is 7.97. The van der Waals surface area contributed by atoms with Crippen molar-refractivity contribution < 1.29 is 0 Å². The molecule has 0 aliphatic carbocycles. The minimum Gasteiger partial charge on any atom is -0.401 e. The van der Waals surface area contributed by atoms with Crippen LogP contribution in [-0.2, 0) is 6.42 Å². The monoisotopic (exact) mass is 425 g/mol. The van der Waals surface area contributed by atoms with Crippen molar-refractivity contribution in [2.75, 3.05) is 11.9 Å². The average Bonchev–Trinajstić information content (AvgIpc) is 2.70. The van der Waals surface area contributed by atoms with Gasteiger partial charge in [0.2, 0.25) is 0 Å². The normalized spacial score (nSPS) is 21.1. The van der Waals surface area contributed by atoms with Crippen LogP contribution >= 0.6 is 15.9 Å². The summed E-state index contributed by atoms with van der Waals surface area (Å²) in [4.78, 5) is 0. The number of nitriles is 1. The lowest BCUT2D eigenvalue weighted by Crippen LogP contribution is -2.35. The summed E-state index contributed by atoms with van der Waals surface area (Å²) < 4.78 is 1.01. The quantitative estimate of drug-likeness (QED) is 0.642. The molecule has 0 saturated heterocycles. The molecular weight excluding hydrogens is 402 g/mol. The number of halogens is 1. The fraction of sp³-hybridized carbons (Fsp3) is 0.286. The highest BCUT2D eigenvalue weighted by Gasteiger charge is 2.30. The predicted octanol–water partition coefficient (Wildman–Crippen LogP) is 4.14. The fourth-order valence-electron chi connectivity index (χ4n) is 3.68. The smallest absolute Gasteiger partial charge is 0.0777 e. The molecule has 0 amide bonds. The minimum absolute atomic E-state index is 0.0535. The van der Waals surface area contributed by atoms with Crippen molar-refractivity contribution in [3.05, 3.63) is 69.3 Å². The standard InChI is InChI=1S/C21H24BrN5/c1-13-12-27(25)21(14(2)24)18-7-6-16(22)11-19(18)20(13)26-17-5-3-4-15(10-17)8-9-23/h3-7,10-11,13,20,26H,8,12,24-25H2,1-2H3/b21-14-/t13-,20?/m1/s1. The Balaban J connectivity index is 2.08. The van der Waals surface area contributed by atoms with E-state index >= 15 is 0 Å². The molecule has 2 atom stereocenters. The maximum Gasteiger partial charge on any atom is 0.0777 e. The third kappa shape index (κ3) is 4.10. The molecule has 5 nitrogen and oxygen atoms in total. The first-order chi connectivity index (χ1) is 12.9. The van der Waals surface area contributed by atoms with Gasteiger partial charge in [-0.05, 0) is 48.2 Å². The SMILES string of the molecule is C/C(N)=C1\c2ccc(Br)cc2C(Nc2cccc(CC#N)c2)[C@H](C)CN1N. The summed E-state index contributed by atoms with van der Waals surface area (Å²) in [5.74, 6) is 6.60. The van der Waals surface area contributed by atoms with E-state index in [1.165, 1.54) is 0 Å². The topological polar surface area (TPSA) is 91.1 Å². The first-order valence-electron chi connectivity index (χ1n) is 8.91. The second-order valence-electron chi connectivity index (χ2n) is 7.05. The zero-order valence-corrected chi connectivity index (χ0v) is 17.1. The first-order valence-corrected chi connectivity index (χ1v) is 9.71. The van der Waals surface area contributed by atoms with Gasteiger partial charge < -0.3 is 16.1 Å². The highest BCUT2D eigenvalue weighted by atomic mass is 79.9. The zero-order chi connectivity index (χ0) is 19.6. The highest BCUT2D eigenvalue weighted by Crippen LogP contribution is 2.39. The second kappa shape index (κ2) is 8.03. The van der Waals surface area contributed by atoms with Crippen molar-refractivity contribution in [2.24, 2.45) is 17.5 Å². The third-order valence-electron chi connectivity index (χ3n) is 4.85. The van der Waals surface area contributed by atoms with E-state index in [1.54, 1.807) is 5.01 Å². The van der Waals surface area contributed by atoms with Gasteiger partial charge in [-0.2, -0.15) is 5.26 Å². The van der Waals surface area contributed by atoms with E-state index in [0.717, 1.165) is 32.5 Å². The van der Waals surface area contributed by atoms with Crippen LogP contribution in [0.4, 0.5) is 5.69 Å². The zero-order valence-electron chi connectivity index (χ0n) is 15.5. The Morgan fingerprint density at radius 3 is 2.81 bits per heavy atom. The molecule has 1 heterocycles. The number of hydrogen-bond acceptors (Lipinski definition) is 5. The molecule has 0 spiro atoms. The molecule has 0 bridgehead atoms. The van der Waals surface area contributed by atoms with Crippen LogP contribution in [0, 0.1) is 17.2 Å². The van der Waals surface area contributed by atoms with Gasteiger partial charge in [0.05, 0.1) is 24.2 Å². The molecule has 2 aromatic carbocycles. The lowest BCUT2D eigenvalue weighted by Gasteiger charge is -2.27. The first kappa shape index (κ1) is 19.3. The molecule has 1 aliphatic rings. The number of anilines is 1. The van der Waals surface area contributed by atoms with Crippen molar-refractivity contribution in [1.29, 1.82) is 5.26 Å². The van der Waals surface area contributed by atoms with Crippen LogP contribution in [0.2, 0.25) is 0 Å². The molecule has 0 aromatic heterocycles. The molecule has 0 saturated carbocycles. The molecular formula is C21H24BrN5. The summed E-state index contributed by atoms with van der Waals surface area (Å²) in [7, 11) is 0. The van der Waals surface area contributed by atoms with E-state index in [-0.39, 0.29) is 12.0 Å². The summed E-state index contributed by atoms with van der Waals surface area (Å²) in [6, 6.07) is 16.5. The van der Waals surface area contributed by atoms with E-state index in [1.807, 2.05) is 37.3 Å². The summed E-state index contributed by atoms with van der Waals surface area (Å²) in [6.07, 6.45) is 0.397. The van der Waals surface area contributed by atoms with Crippen molar-refractivity contribution in [3.63, 3.8) is 0 Å². The molecule has 5 N–H and O–H groups in total. The van der Waals surface area contributed by atoms with E-state index in [0.29, 0.717) is 18.7 Å². The van der Waals surface area contributed by atoms with Crippen molar-refractivity contribution in [3.8, 4) is 6.07 Å². The van der Waals surface area contributed by atoms with Gasteiger partial charge in [-0.1, -0.05) is 41.1 Å². The van der Waals surface area contributed by atoms with E-state index in [4.69, 9.17) is 16.8 Å². The molecule has 3 rings (SSSR count). The van der Waals surface area contributed by atoms with Crippen LogP contribution in [0.3, 0.4) is 0 Å². The average molecular weight is 426 g/mol. The largest absolute Gasteiger partial charge is 0.401 e. The van der Waals surface area contributed by atoms with Crippen LogP contribution in [0.25, 0.3) is 5.70 Å². The van der Waals surface area contributed by atoms with E-state index < -0.39 is 0 Å². The van der Waals surface area contributed by atoms with Gasteiger partial charge >= 0.3 is 0 Å². The lowest BCUT2D eigenvalue weighted by molar-refractivity contribution is 0.331. The molecule has 6 heteroatoms. The van der Waals surface area contributed by atoms with Crippen molar-refractivity contribution in [2.45, 2.75) is 26.3 Å². The molecule has 0 fully saturated rings. The number of benzene rings is 2. The van der Waals surface area contributed by atoms with Crippen LogP contribution in [0.1, 0.15) is 36.6 Å². The molecule has 0 radical (unpaired) electrons. The molecule has 1 aliphatic heterocycles. The minimum atomic E-state index is 0.0535. The Bertz CT molecular complexity index is 911. The van der Waals surface area contributed by atoms with Gasteiger partial charge in [0.15, 0.2) is 0 Å². The van der Waals surface area contributed by atoms with Crippen LogP contribution in [0.15, 0.2) is 52.6 Å². The summed E-state index contributed by atoms with van der Waals surface area (Å²) in [5, 5.41) is 14.4. The fourth-order valence-corrected chi connectivity index (χ4v) is 4.05. The number of hydrogen-bond donors (Lipinski definition) is 3. The number of hydrazine groups is 1. The van der Waals surface area contributed by atoms with Gasteiger partial charge in [-0.15, -0.1) is 0 Å². The number of nitrogens with zero attached hydrogens (tertiary/aromatic N) is 2. The van der Waals surface area contributed by atoms with Crippen LogP contribution in [-0.4, -0.2) is 11.6 Å². The van der Waals surface area contributed by atoms with Gasteiger partial charge in [-0.3, -0.25) is 0 Å². The predicted molar refractivity (Wildman–Crippen MR) is 113 cm³/mol. The Morgan fingerprint density at radius 1 is 1.33 bits per heavy atom. The number of rotatable bonds is 3. The van der Waals surface area contributed by atoms with Crippen molar-refractivity contribution in [1.82, 2.24) is 5.01 Å². The maximum absolute atomic E-state index is 8.97. The molecule has 1 unspecified atom stereocenters. The number of nitrogens with one attached hydrogen (secondary N) is 1. The number of fused-ring (bicyclic) bond motifs is 1. The maximum atomic E-state index is 8.97. The summed E-state index contributed by atoms with van der Waals surface area (Å²) in [6.45, 7) is 4.73. The Hall–Kier alpha value is -2.49. The number of allylic oxidation sites excluding steroid dienone is 1. The summed E-state index contributed by atoms with van der Waals surface area (Å²) >= 11 is 3.60. The lowest BCUT2D eigenvalue weighted by atomic mass is 9.91. The van der Waals surface area contributed by atoms with Crippen LogP contribution < -0.4 is 16.9 Å². The Kier molecular flexibility index (Phi) is 5.73. The molecule has 27 heavy (non-hydrogen) atoms.